The average Bonchev–Trinajstić information content (AvgIpc) is 2.48. The third-order valence-electron chi connectivity index (χ3n) is 3.81. The molecule has 0 radical (unpaired) electrons. The molecule has 3 nitrogen and oxygen atoms in total. The van der Waals surface area contributed by atoms with Crippen LogP contribution in [0.4, 0.5) is 11.4 Å². The van der Waals surface area contributed by atoms with Gasteiger partial charge in [-0.3, -0.25) is 0 Å². The van der Waals surface area contributed by atoms with Crippen molar-refractivity contribution in [3.63, 3.8) is 0 Å². The van der Waals surface area contributed by atoms with E-state index < -0.39 is 0 Å². The van der Waals surface area contributed by atoms with E-state index in [9.17, 15) is 0 Å². The standard InChI is InChI=1S/C17H19BrN2O/c18-13-4-1-5-14(12-13)21-11-10-20-9-3-6-15-16(19)7-2-8-17(15)20/h1-2,4-5,7-8,12H,3,6,9-11,19H2. The van der Waals surface area contributed by atoms with Crippen molar-refractivity contribution >= 4 is 27.3 Å². The second-order valence-corrected chi connectivity index (χ2v) is 6.16. The summed E-state index contributed by atoms with van der Waals surface area (Å²) in [5, 5.41) is 0. The molecule has 0 atom stereocenters. The first-order chi connectivity index (χ1) is 10.2. The van der Waals surface area contributed by atoms with Crippen LogP contribution in [0.5, 0.6) is 5.75 Å². The van der Waals surface area contributed by atoms with Gasteiger partial charge in [-0.15, -0.1) is 0 Å². The number of ether oxygens (including phenoxy) is 1. The molecule has 1 aliphatic rings. The lowest BCUT2D eigenvalue weighted by atomic mass is 10.00. The molecule has 0 unspecified atom stereocenters. The Balaban J connectivity index is 1.63. The molecule has 21 heavy (non-hydrogen) atoms. The molecule has 3 rings (SSSR count). The van der Waals surface area contributed by atoms with Crippen LogP contribution in [0.1, 0.15) is 12.0 Å². The fourth-order valence-corrected chi connectivity index (χ4v) is 3.17. The van der Waals surface area contributed by atoms with E-state index in [2.05, 4.69) is 26.9 Å². The summed E-state index contributed by atoms with van der Waals surface area (Å²) in [6.07, 6.45) is 2.23. The quantitative estimate of drug-likeness (QED) is 0.854. The summed E-state index contributed by atoms with van der Waals surface area (Å²) in [6.45, 7) is 2.62. The van der Waals surface area contributed by atoms with Crippen molar-refractivity contribution in [2.45, 2.75) is 12.8 Å². The van der Waals surface area contributed by atoms with Gasteiger partial charge in [0.05, 0.1) is 6.54 Å². The molecule has 2 aromatic carbocycles. The third-order valence-corrected chi connectivity index (χ3v) is 4.30. The molecule has 0 saturated heterocycles. The van der Waals surface area contributed by atoms with Crippen molar-refractivity contribution in [1.82, 2.24) is 0 Å². The van der Waals surface area contributed by atoms with Gasteiger partial charge in [-0.25, -0.2) is 0 Å². The Morgan fingerprint density at radius 3 is 2.90 bits per heavy atom. The molecular formula is C17H19BrN2O. The van der Waals surface area contributed by atoms with Gasteiger partial charge in [0.1, 0.15) is 12.4 Å². The van der Waals surface area contributed by atoms with Gasteiger partial charge in [0.25, 0.3) is 0 Å². The first-order valence-corrected chi connectivity index (χ1v) is 8.04. The number of halogens is 1. The first-order valence-electron chi connectivity index (χ1n) is 7.25. The smallest absolute Gasteiger partial charge is 0.120 e. The molecule has 1 aliphatic heterocycles. The van der Waals surface area contributed by atoms with Crippen LogP contribution in [-0.2, 0) is 6.42 Å². The number of hydrogen-bond donors (Lipinski definition) is 1. The van der Waals surface area contributed by atoms with Gasteiger partial charge in [-0.1, -0.05) is 28.1 Å². The van der Waals surface area contributed by atoms with E-state index in [0.717, 1.165) is 41.8 Å². The lowest BCUT2D eigenvalue weighted by molar-refractivity contribution is 0.322. The molecule has 0 saturated carbocycles. The summed E-state index contributed by atoms with van der Waals surface area (Å²) >= 11 is 3.46. The van der Waals surface area contributed by atoms with Gasteiger partial charge in [0, 0.05) is 22.4 Å². The third kappa shape index (κ3) is 3.32. The molecule has 4 heteroatoms. The van der Waals surface area contributed by atoms with Gasteiger partial charge in [-0.05, 0) is 48.7 Å². The number of benzene rings is 2. The zero-order chi connectivity index (χ0) is 14.7. The number of fused-ring (bicyclic) bond motifs is 1. The fourth-order valence-electron chi connectivity index (χ4n) is 2.79. The van der Waals surface area contributed by atoms with E-state index in [1.54, 1.807) is 0 Å². The number of nitrogens with two attached hydrogens (primary N) is 1. The lowest BCUT2D eigenvalue weighted by Gasteiger charge is -2.31. The van der Waals surface area contributed by atoms with Gasteiger partial charge >= 0.3 is 0 Å². The SMILES string of the molecule is Nc1cccc2c1CCCN2CCOc1cccc(Br)c1. The highest BCUT2D eigenvalue weighted by Crippen LogP contribution is 2.31. The number of nitrogen functional groups attached to an aromatic ring is 1. The molecular weight excluding hydrogens is 328 g/mol. The number of rotatable bonds is 4. The molecule has 0 aromatic heterocycles. The van der Waals surface area contributed by atoms with E-state index in [1.807, 2.05) is 36.4 Å². The maximum Gasteiger partial charge on any atom is 0.120 e. The van der Waals surface area contributed by atoms with Crippen LogP contribution in [-0.4, -0.2) is 19.7 Å². The van der Waals surface area contributed by atoms with Gasteiger partial charge in [0.2, 0.25) is 0 Å². The molecule has 2 N–H and O–H groups in total. The fraction of sp³-hybridized carbons (Fsp3) is 0.294. The number of hydrogen-bond acceptors (Lipinski definition) is 3. The van der Waals surface area contributed by atoms with Gasteiger partial charge < -0.3 is 15.4 Å². The lowest BCUT2D eigenvalue weighted by Crippen LogP contribution is -2.33. The van der Waals surface area contributed by atoms with Crippen molar-refractivity contribution in [2.75, 3.05) is 30.3 Å². The van der Waals surface area contributed by atoms with Gasteiger partial charge in [-0.2, -0.15) is 0 Å². The van der Waals surface area contributed by atoms with Crippen LogP contribution < -0.4 is 15.4 Å². The van der Waals surface area contributed by atoms with Crippen molar-refractivity contribution in [1.29, 1.82) is 0 Å². The van der Waals surface area contributed by atoms with Crippen LogP contribution >= 0.6 is 15.9 Å². The van der Waals surface area contributed by atoms with Crippen LogP contribution in [0, 0.1) is 0 Å². The highest BCUT2D eigenvalue weighted by Gasteiger charge is 2.18. The monoisotopic (exact) mass is 346 g/mol. The summed E-state index contributed by atoms with van der Waals surface area (Å²) in [6, 6.07) is 14.1. The second kappa shape index (κ2) is 6.39. The maximum absolute atomic E-state index is 6.08. The Labute approximate surface area is 133 Å². The van der Waals surface area contributed by atoms with Crippen molar-refractivity contribution < 1.29 is 4.74 Å². The van der Waals surface area contributed by atoms with Crippen molar-refractivity contribution in [3.05, 3.63) is 52.5 Å². The zero-order valence-corrected chi connectivity index (χ0v) is 13.5. The van der Waals surface area contributed by atoms with Crippen molar-refractivity contribution in [3.8, 4) is 5.75 Å². The molecule has 0 amide bonds. The molecule has 0 spiro atoms. The number of anilines is 2. The summed E-state index contributed by atoms with van der Waals surface area (Å²) in [7, 11) is 0. The van der Waals surface area contributed by atoms with Gasteiger partial charge in [0.15, 0.2) is 0 Å². The van der Waals surface area contributed by atoms with E-state index >= 15 is 0 Å². The Morgan fingerprint density at radius 2 is 2.05 bits per heavy atom. The predicted octanol–water partition coefficient (Wildman–Crippen LogP) is 3.86. The highest BCUT2D eigenvalue weighted by atomic mass is 79.9. The molecule has 0 bridgehead atoms. The maximum atomic E-state index is 6.08. The van der Waals surface area contributed by atoms with Crippen LogP contribution in [0.15, 0.2) is 46.9 Å². The predicted molar refractivity (Wildman–Crippen MR) is 91.0 cm³/mol. The Morgan fingerprint density at radius 1 is 1.19 bits per heavy atom. The Bertz CT molecular complexity index is 630. The normalized spacial score (nSPS) is 13.9. The van der Waals surface area contributed by atoms with E-state index in [1.165, 1.54) is 11.3 Å². The summed E-state index contributed by atoms with van der Waals surface area (Å²) in [5.74, 6) is 0.897. The minimum atomic E-state index is 0.671. The summed E-state index contributed by atoms with van der Waals surface area (Å²) in [4.78, 5) is 2.37. The van der Waals surface area contributed by atoms with Crippen LogP contribution in [0.2, 0.25) is 0 Å². The Kier molecular flexibility index (Phi) is 4.34. The zero-order valence-electron chi connectivity index (χ0n) is 11.9. The minimum absolute atomic E-state index is 0.671. The molecule has 110 valence electrons. The van der Waals surface area contributed by atoms with E-state index in [0.29, 0.717) is 6.61 Å². The summed E-state index contributed by atoms with van der Waals surface area (Å²) in [5.41, 5.74) is 9.53. The molecule has 0 fully saturated rings. The molecule has 1 heterocycles. The molecule has 2 aromatic rings. The van der Waals surface area contributed by atoms with Crippen LogP contribution in [0.25, 0.3) is 0 Å². The number of nitrogens with zero attached hydrogens (tertiary/aromatic N) is 1. The first kappa shape index (κ1) is 14.3. The minimum Gasteiger partial charge on any atom is -0.492 e. The molecule has 0 aliphatic carbocycles. The Hall–Kier alpha value is -1.68. The highest BCUT2D eigenvalue weighted by molar-refractivity contribution is 9.10. The average molecular weight is 347 g/mol. The topological polar surface area (TPSA) is 38.5 Å². The van der Waals surface area contributed by atoms with Crippen molar-refractivity contribution in [2.24, 2.45) is 0 Å². The summed E-state index contributed by atoms with van der Waals surface area (Å²) < 4.78 is 6.87. The van der Waals surface area contributed by atoms with E-state index in [-0.39, 0.29) is 0 Å². The van der Waals surface area contributed by atoms with E-state index in [4.69, 9.17) is 10.5 Å². The second-order valence-electron chi connectivity index (χ2n) is 5.24. The largest absolute Gasteiger partial charge is 0.492 e. The van der Waals surface area contributed by atoms with Crippen LogP contribution in [0.3, 0.4) is 0 Å².